The van der Waals surface area contributed by atoms with E-state index in [1.807, 2.05) is 0 Å². The molecule has 2 N–H and O–H groups in total. The SMILES string of the molecule is O=C(CC12CC3CC(CC(C3)C1)C2)NC(=S)Nc1ccc2oc(-c3ccccc3F)nc2c1. The summed E-state index contributed by atoms with van der Waals surface area (Å²) in [4.78, 5) is 17.2. The first kappa shape index (κ1) is 20.8. The number of halogens is 1. The normalized spacial score (nSPS) is 27.6. The van der Waals surface area contributed by atoms with Gasteiger partial charge in [0.25, 0.3) is 0 Å². The number of oxazole rings is 1. The lowest BCUT2D eigenvalue weighted by atomic mass is 9.49. The van der Waals surface area contributed by atoms with Gasteiger partial charge >= 0.3 is 0 Å². The monoisotopic (exact) mass is 463 g/mol. The molecule has 1 amide bonds. The first-order valence-corrected chi connectivity index (χ1v) is 12.1. The van der Waals surface area contributed by atoms with Crippen molar-refractivity contribution in [2.45, 2.75) is 44.9 Å². The van der Waals surface area contributed by atoms with Gasteiger partial charge in [0.15, 0.2) is 10.7 Å². The highest BCUT2D eigenvalue weighted by Gasteiger charge is 2.51. The zero-order valence-corrected chi connectivity index (χ0v) is 19.1. The fourth-order valence-corrected chi connectivity index (χ4v) is 7.17. The van der Waals surface area contributed by atoms with E-state index in [1.54, 1.807) is 36.4 Å². The third-order valence-electron chi connectivity index (χ3n) is 7.70. The summed E-state index contributed by atoms with van der Waals surface area (Å²) in [6.07, 6.45) is 8.24. The number of rotatable bonds is 4. The van der Waals surface area contributed by atoms with E-state index in [-0.39, 0.29) is 28.1 Å². The van der Waals surface area contributed by atoms with Gasteiger partial charge in [-0.15, -0.1) is 0 Å². The molecule has 4 saturated carbocycles. The van der Waals surface area contributed by atoms with Crippen LogP contribution in [0.25, 0.3) is 22.6 Å². The number of hydrogen-bond acceptors (Lipinski definition) is 4. The Kier molecular flexibility index (Phi) is 4.98. The molecule has 0 aliphatic heterocycles. The number of nitrogens with zero attached hydrogens (tertiary/aromatic N) is 1. The van der Waals surface area contributed by atoms with E-state index in [9.17, 15) is 9.18 Å². The smallest absolute Gasteiger partial charge is 0.230 e. The van der Waals surface area contributed by atoms with Crippen LogP contribution < -0.4 is 10.6 Å². The van der Waals surface area contributed by atoms with E-state index >= 15 is 0 Å². The molecule has 0 spiro atoms. The van der Waals surface area contributed by atoms with Gasteiger partial charge < -0.3 is 15.1 Å². The Morgan fingerprint density at radius 1 is 1.09 bits per heavy atom. The van der Waals surface area contributed by atoms with Crippen molar-refractivity contribution < 1.29 is 13.6 Å². The third kappa shape index (κ3) is 4.03. The molecule has 0 unspecified atom stereocenters. The van der Waals surface area contributed by atoms with Gasteiger partial charge in [-0.1, -0.05) is 12.1 Å². The fraction of sp³-hybridized carbons (Fsp3) is 0.423. The van der Waals surface area contributed by atoms with Crippen molar-refractivity contribution >= 4 is 40.0 Å². The summed E-state index contributed by atoms with van der Waals surface area (Å²) in [5.41, 5.74) is 2.32. The molecule has 33 heavy (non-hydrogen) atoms. The van der Waals surface area contributed by atoms with Crippen molar-refractivity contribution in [3.8, 4) is 11.5 Å². The fourth-order valence-electron chi connectivity index (χ4n) is 6.94. The molecule has 0 saturated heterocycles. The number of hydrogen-bond donors (Lipinski definition) is 2. The third-order valence-corrected chi connectivity index (χ3v) is 7.91. The van der Waals surface area contributed by atoms with Crippen LogP contribution in [0.4, 0.5) is 10.1 Å². The van der Waals surface area contributed by atoms with Gasteiger partial charge in [-0.05, 0) is 104 Å². The minimum Gasteiger partial charge on any atom is -0.436 e. The molecular weight excluding hydrogens is 437 g/mol. The quantitative estimate of drug-likeness (QED) is 0.461. The minimum atomic E-state index is -0.384. The highest BCUT2D eigenvalue weighted by molar-refractivity contribution is 7.80. The number of aromatic nitrogens is 1. The summed E-state index contributed by atoms with van der Waals surface area (Å²) in [6, 6.07) is 11.7. The summed E-state index contributed by atoms with van der Waals surface area (Å²) in [5, 5.41) is 6.23. The Balaban J connectivity index is 1.11. The average Bonchev–Trinajstić information content (AvgIpc) is 3.15. The van der Waals surface area contributed by atoms with E-state index in [0.717, 1.165) is 17.8 Å². The number of carbonyl (C=O) groups excluding carboxylic acids is 1. The van der Waals surface area contributed by atoms with Crippen LogP contribution in [0.3, 0.4) is 0 Å². The first-order chi connectivity index (χ1) is 15.9. The van der Waals surface area contributed by atoms with Gasteiger partial charge in [0.05, 0.1) is 5.56 Å². The van der Waals surface area contributed by atoms with Crippen LogP contribution in [-0.4, -0.2) is 16.0 Å². The molecule has 5 nitrogen and oxygen atoms in total. The maximum absolute atomic E-state index is 14.1. The van der Waals surface area contributed by atoms with Gasteiger partial charge in [0.2, 0.25) is 11.8 Å². The molecule has 7 heteroatoms. The van der Waals surface area contributed by atoms with Crippen molar-refractivity contribution in [1.29, 1.82) is 0 Å². The molecule has 4 aliphatic rings. The summed E-state index contributed by atoms with van der Waals surface area (Å²) in [7, 11) is 0. The Hall–Kier alpha value is -2.80. The van der Waals surface area contributed by atoms with Crippen LogP contribution in [0.5, 0.6) is 0 Å². The van der Waals surface area contributed by atoms with Crippen molar-refractivity contribution in [2.75, 3.05) is 5.32 Å². The lowest BCUT2D eigenvalue weighted by molar-refractivity contribution is -0.127. The van der Waals surface area contributed by atoms with E-state index in [1.165, 1.54) is 44.6 Å². The molecule has 1 aromatic heterocycles. The molecule has 4 aliphatic carbocycles. The Morgan fingerprint density at radius 3 is 2.48 bits per heavy atom. The van der Waals surface area contributed by atoms with Crippen LogP contribution in [0, 0.1) is 29.0 Å². The van der Waals surface area contributed by atoms with Crippen LogP contribution in [0.2, 0.25) is 0 Å². The standard InChI is InChI=1S/C26H26FN3O2S/c27-20-4-2-1-3-19(20)24-29-21-10-18(5-6-22(21)32-24)28-25(33)30-23(31)14-26-11-15-7-16(12-26)9-17(8-15)13-26/h1-6,10,15-17H,7-9,11-14H2,(H2,28,30,31,33). The topological polar surface area (TPSA) is 67.2 Å². The molecule has 0 atom stereocenters. The molecule has 2 aromatic carbocycles. The molecule has 3 aromatic rings. The maximum Gasteiger partial charge on any atom is 0.230 e. The highest BCUT2D eigenvalue weighted by Crippen LogP contribution is 2.61. The predicted octanol–water partition coefficient (Wildman–Crippen LogP) is 6.05. The van der Waals surface area contributed by atoms with Gasteiger partial charge in [-0.25, -0.2) is 9.37 Å². The van der Waals surface area contributed by atoms with Gasteiger partial charge in [0.1, 0.15) is 11.3 Å². The van der Waals surface area contributed by atoms with Crippen molar-refractivity contribution in [3.05, 3.63) is 48.3 Å². The zero-order chi connectivity index (χ0) is 22.6. The molecule has 170 valence electrons. The van der Waals surface area contributed by atoms with Gasteiger partial charge in [-0.2, -0.15) is 0 Å². The number of amides is 1. The van der Waals surface area contributed by atoms with Gasteiger partial charge in [0, 0.05) is 12.1 Å². The van der Waals surface area contributed by atoms with E-state index in [0.29, 0.717) is 28.8 Å². The van der Waals surface area contributed by atoms with Crippen LogP contribution in [0.15, 0.2) is 46.9 Å². The molecule has 1 heterocycles. The molecular formula is C26H26FN3O2S. The van der Waals surface area contributed by atoms with Crippen molar-refractivity contribution in [2.24, 2.45) is 23.2 Å². The summed E-state index contributed by atoms with van der Waals surface area (Å²) in [6.45, 7) is 0. The number of fused-ring (bicyclic) bond motifs is 1. The first-order valence-electron chi connectivity index (χ1n) is 11.7. The second-order valence-electron chi connectivity index (χ2n) is 10.3. The Morgan fingerprint density at radius 2 is 1.79 bits per heavy atom. The van der Waals surface area contributed by atoms with Crippen molar-refractivity contribution in [3.63, 3.8) is 0 Å². The predicted molar refractivity (Wildman–Crippen MR) is 129 cm³/mol. The molecule has 7 rings (SSSR count). The Labute approximate surface area is 197 Å². The maximum atomic E-state index is 14.1. The molecule has 4 bridgehead atoms. The lowest BCUT2D eigenvalue weighted by Crippen LogP contribution is -2.48. The average molecular weight is 464 g/mol. The zero-order valence-electron chi connectivity index (χ0n) is 18.3. The van der Waals surface area contributed by atoms with E-state index in [4.69, 9.17) is 16.6 Å². The summed E-state index contributed by atoms with van der Waals surface area (Å²) >= 11 is 5.41. The number of nitrogens with one attached hydrogen (secondary N) is 2. The minimum absolute atomic E-state index is 0.00111. The summed E-state index contributed by atoms with van der Waals surface area (Å²) < 4.78 is 19.8. The number of thiocarbonyl (C=S) groups is 1. The highest BCUT2D eigenvalue weighted by atomic mass is 32.1. The van der Waals surface area contributed by atoms with Crippen LogP contribution in [0.1, 0.15) is 44.9 Å². The lowest BCUT2D eigenvalue weighted by Gasteiger charge is -2.56. The number of carbonyl (C=O) groups is 1. The second kappa shape index (κ2) is 7.90. The van der Waals surface area contributed by atoms with Crippen molar-refractivity contribution in [1.82, 2.24) is 10.3 Å². The van der Waals surface area contributed by atoms with E-state index in [2.05, 4.69) is 15.6 Å². The largest absolute Gasteiger partial charge is 0.436 e. The second-order valence-corrected chi connectivity index (χ2v) is 10.7. The molecule has 0 radical (unpaired) electrons. The van der Waals surface area contributed by atoms with Crippen LogP contribution >= 0.6 is 12.2 Å². The Bertz CT molecular complexity index is 1220. The number of benzene rings is 2. The van der Waals surface area contributed by atoms with Gasteiger partial charge in [-0.3, -0.25) is 4.79 Å². The number of anilines is 1. The van der Waals surface area contributed by atoms with E-state index < -0.39 is 0 Å². The van der Waals surface area contributed by atoms with Crippen LogP contribution in [-0.2, 0) is 4.79 Å². The molecule has 4 fully saturated rings. The summed E-state index contributed by atoms with van der Waals surface area (Å²) in [5.74, 6) is 2.29.